The summed E-state index contributed by atoms with van der Waals surface area (Å²) in [5, 5.41) is 0. The molecule has 1 aliphatic rings. The number of carbonyl (C=O) groups is 2. The lowest BCUT2D eigenvalue weighted by Gasteiger charge is -2.17. The second-order valence-electron chi connectivity index (χ2n) is 5.41. The number of sulfone groups is 1. The van der Waals surface area contributed by atoms with E-state index in [1.807, 2.05) is 13.0 Å². The first-order valence-corrected chi connectivity index (χ1v) is 8.77. The second-order valence-corrected chi connectivity index (χ2v) is 7.72. The predicted octanol–water partition coefficient (Wildman–Crippen LogP) is 1.66. The smallest absolute Gasteiger partial charge is 0.299 e. The zero-order valence-electron chi connectivity index (χ0n) is 12.5. The zero-order valence-corrected chi connectivity index (χ0v) is 13.3. The average Bonchev–Trinajstić information content (AvgIpc) is 2.59. The molecule has 0 saturated carbocycles. The molecule has 0 unspecified atom stereocenters. The Morgan fingerprint density at radius 3 is 2.38 bits per heavy atom. The first kappa shape index (κ1) is 15.7. The third-order valence-electron chi connectivity index (χ3n) is 3.56. The Morgan fingerprint density at radius 2 is 1.76 bits per heavy atom. The van der Waals surface area contributed by atoms with Crippen molar-refractivity contribution in [3.8, 4) is 0 Å². The molecule has 1 aromatic carbocycles. The van der Waals surface area contributed by atoms with Crippen molar-refractivity contribution >= 4 is 27.2 Å². The molecular weight excluding hydrogens is 290 g/mol. The maximum absolute atomic E-state index is 12.1. The van der Waals surface area contributed by atoms with Crippen LogP contribution in [-0.4, -0.2) is 38.2 Å². The Labute approximate surface area is 124 Å². The van der Waals surface area contributed by atoms with E-state index < -0.39 is 21.5 Å². The molecule has 0 atom stereocenters. The molecule has 6 heteroatoms. The van der Waals surface area contributed by atoms with Gasteiger partial charge in [-0.05, 0) is 37.5 Å². The molecule has 0 bridgehead atoms. The van der Waals surface area contributed by atoms with Crippen molar-refractivity contribution in [3.05, 3.63) is 28.8 Å². The summed E-state index contributed by atoms with van der Waals surface area (Å²) >= 11 is 0. The number of anilines is 1. The van der Waals surface area contributed by atoms with E-state index in [-0.39, 0.29) is 18.1 Å². The van der Waals surface area contributed by atoms with Gasteiger partial charge in [0.1, 0.15) is 0 Å². The van der Waals surface area contributed by atoms with E-state index in [1.165, 1.54) is 4.90 Å². The van der Waals surface area contributed by atoms with Crippen molar-refractivity contribution in [1.82, 2.24) is 0 Å². The van der Waals surface area contributed by atoms with Crippen LogP contribution in [0.4, 0.5) is 5.69 Å². The standard InChI is InChI=1S/C15H19NO4S/c1-4-6-21(19,20)7-5-16-12-9-10(2)8-11(3)13(12)14(17)15(16)18/h8-9H,4-7H2,1-3H3. The van der Waals surface area contributed by atoms with E-state index in [9.17, 15) is 18.0 Å². The summed E-state index contributed by atoms with van der Waals surface area (Å²) in [7, 11) is -3.19. The van der Waals surface area contributed by atoms with Gasteiger partial charge in [-0.2, -0.15) is 0 Å². The van der Waals surface area contributed by atoms with Crippen molar-refractivity contribution in [2.45, 2.75) is 27.2 Å². The van der Waals surface area contributed by atoms with Gasteiger partial charge in [-0.25, -0.2) is 8.42 Å². The Bertz CT molecular complexity index is 707. The van der Waals surface area contributed by atoms with Crippen molar-refractivity contribution < 1.29 is 18.0 Å². The lowest BCUT2D eigenvalue weighted by molar-refractivity contribution is -0.114. The minimum absolute atomic E-state index is 0.0306. The minimum Gasteiger partial charge on any atom is -0.304 e. The van der Waals surface area contributed by atoms with Gasteiger partial charge in [0.2, 0.25) is 0 Å². The highest BCUT2D eigenvalue weighted by molar-refractivity contribution is 7.91. The number of Topliss-reactive ketones (excluding diaryl/α,β-unsaturated/α-hetero) is 1. The van der Waals surface area contributed by atoms with Crippen LogP contribution in [0.15, 0.2) is 12.1 Å². The van der Waals surface area contributed by atoms with Gasteiger partial charge in [0, 0.05) is 12.3 Å². The molecule has 1 aliphatic heterocycles. The summed E-state index contributed by atoms with van der Waals surface area (Å²) in [6.45, 7) is 5.49. The number of aryl methyl sites for hydroxylation is 2. The van der Waals surface area contributed by atoms with E-state index in [2.05, 4.69) is 0 Å². The summed E-state index contributed by atoms with van der Waals surface area (Å²) in [5.41, 5.74) is 2.63. The molecule has 5 nitrogen and oxygen atoms in total. The number of hydrogen-bond acceptors (Lipinski definition) is 4. The molecule has 1 amide bonds. The minimum atomic E-state index is -3.19. The fourth-order valence-electron chi connectivity index (χ4n) is 2.66. The number of rotatable bonds is 5. The number of carbonyl (C=O) groups excluding carboxylic acids is 2. The Balaban J connectivity index is 2.32. The maximum atomic E-state index is 12.1. The molecule has 1 aromatic rings. The highest BCUT2D eigenvalue weighted by Crippen LogP contribution is 2.32. The van der Waals surface area contributed by atoms with Gasteiger partial charge >= 0.3 is 0 Å². The molecule has 21 heavy (non-hydrogen) atoms. The third kappa shape index (κ3) is 3.00. The van der Waals surface area contributed by atoms with Crippen LogP contribution in [0.25, 0.3) is 0 Å². The molecule has 114 valence electrons. The molecular formula is C15H19NO4S. The first-order valence-electron chi connectivity index (χ1n) is 6.94. The SMILES string of the molecule is CCCS(=O)(=O)CCN1C(=O)C(=O)c2c(C)cc(C)cc21. The Morgan fingerprint density at radius 1 is 1.10 bits per heavy atom. The lowest BCUT2D eigenvalue weighted by Crippen LogP contribution is -2.34. The average molecular weight is 309 g/mol. The molecule has 1 heterocycles. The van der Waals surface area contributed by atoms with Gasteiger partial charge < -0.3 is 4.90 Å². The van der Waals surface area contributed by atoms with Gasteiger partial charge in [-0.1, -0.05) is 13.0 Å². The number of amides is 1. The summed E-state index contributed by atoms with van der Waals surface area (Å²) in [4.78, 5) is 25.4. The maximum Gasteiger partial charge on any atom is 0.299 e. The van der Waals surface area contributed by atoms with E-state index in [0.29, 0.717) is 17.7 Å². The molecule has 0 fully saturated rings. The van der Waals surface area contributed by atoms with Crippen molar-refractivity contribution in [2.24, 2.45) is 0 Å². The van der Waals surface area contributed by atoms with E-state index in [1.54, 1.807) is 19.9 Å². The van der Waals surface area contributed by atoms with E-state index in [0.717, 1.165) is 11.1 Å². The van der Waals surface area contributed by atoms with Gasteiger partial charge in [-0.15, -0.1) is 0 Å². The van der Waals surface area contributed by atoms with Crippen LogP contribution in [0.2, 0.25) is 0 Å². The fourth-order valence-corrected chi connectivity index (χ4v) is 3.94. The monoisotopic (exact) mass is 309 g/mol. The lowest BCUT2D eigenvalue weighted by atomic mass is 10.0. The predicted molar refractivity (Wildman–Crippen MR) is 81.5 cm³/mol. The topological polar surface area (TPSA) is 71.5 Å². The van der Waals surface area contributed by atoms with Gasteiger partial charge in [0.05, 0.1) is 17.0 Å². The van der Waals surface area contributed by atoms with Gasteiger partial charge in [0.15, 0.2) is 9.84 Å². The second kappa shape index (κ2) is 5.60. The van der Waals surface area contributed by atoms with Crippen molar-refractivity contribution in [3.63, 3.8) is 0 Å². The number of ketones is 1. The molecule has 0 radical (unpaired) electrons. The fraction of sp³-hybridized carbons (Fsp3) is 0.467. The van der Waals surface area contributed by atoms with Crippen LogP contribution < -0.4 is 4.90 Å². The molecule has 0 aliphatic carbocycles. The van der Waals surface area contributed by atoms with Crippen molar-refractivity contribution in [2.75, 3.05) is 23.0 Å². The quantitative estimate of drug-likeness (QED) is 0.776. The highest BCUT2D eigenvalue weighted by Gasteiger charge is 2.37. The van der Waals surface area contributed by atoms with E-state index >= 15 is 0 Å². The molecule has 0 spiro atoms. The summed E-state index contributed by atoms with van der Waals surface area (Å²) < 4.78 is 23.6. The van der Waals surface area contributed by atoms with Crippen LogP contribution in [0.1, 0.15) is 34.8 Å². The Hall–Kier alpha value is -1.69. The van der Waals surface area contributed by atoms with Crippen LogP contribution in [0.5, 0.6) is 0 Å². The first-order chi connectivity index (χ1) is 9.76. The molecule has 0 N–H and O–H groups in total. The summed E-state index contributed by atoms with van der Waals surface area (Å²) in [6, 6.07) is 3.61. The third-order valence-corrected chi connectivity index (χ3v) is 5.39. The zero-order chi connectivity index (χ0) is 15.8. The van der Waals surface area contributed by atoms with Gasteiger partial charge in [0.25, 0.3) is 11.7 Å². The summed E-state index contributed by atoms with van der Waals surface area (Å²) in [6.07, 6.45) is 0.546. The number of hydrogen-bond donors (Lipinski definition) is 0. The summed E-state index contributed by atoms with van der Waals surface area (Å²) in [5.74, 6) is -1.20. The molecule has 2 rings (SSSR count). The van der Waals surface area contributed by atoms with Crippen LogP contribution in [0, 0.1) is 13.8 Å². The highest BCUT2D eigenvalue weighted by atomic mass is 32.2. The largest absolute Gasteiger partial charge is 0.304 e. The van der Waals surface area contributed by atoms with Crippen LogP contribution in [-0.2, 0) is 14.6 Å². The van der Waals surface area contributed by atoms with Crippen molar-refractivity contribution in [1.29, 1.82) is 0 Å². The molecule has 0 aromatic heterocycles. The molecule has 0 saturated heterocycles. The number of benzene rings is 1. The Kier molecular flexibility index (Phi) is 4.18. The van der Waals surface area contributed by atoms with Gasteiger partial charge in [-0.3, -0.25) is 9.59 Å². The van der Waals surface area contributed by atoms with Crippen LogP contribution >= 0.6 is 0 Å². The van der Waals surface area contributed by atoms with Crippen LogP contribution in [0.3, 0.4) is 0 Å². The van der Waals surface area contributed by atoms with E-state index in [4.69, 9.17) is 0 Å². The number of nitrogens with zero attached hydrogens (tertiary/aromatic N) is 1. The normalized spacial score (nSPS) is 14.7. The number of fused-ring (bicyclic) bond motifs is 1.